The van der Waals surface area contributed by atoms with Gasteiger partial charge < -0.3 is 15.2 Å². The summed E-state index contributed by atoms with van der Waals surface area (Å²) in [6.45, 7) is 3.80. The van der Waals surface area contributed by atoms with Crippen LogP contribution < -0.4 is 5.32 Å². The fraction of sp³-hybridized carbons (Fsp3) is 1.00. The monoisotopic (exact) mass is 145 g/mol. The zero-order valence-corrected chi connectivity index (χ0v) is 6.34. The summed E-state index contributed by atoms with van der Waals surface area (Å²) < 4.78 is 5.32. The number of aliphatic hydroxyl groups is 1. The van der Waals surface area contributed by atoms with Gasteiger partial charge in [-0.2, -0.15) is 0 Å². The molecular formula is C7H15NO2. The van der Waals surface area contributed by atoms with E-state index in [0.717, 1.165) is 13.0 Å². The van der Waals surface area contributed by atoms with Crippen LogP contribution in [0.15, 0.2) is 0 Å². The van der Waals surface area contributed by atoms with Crippen molar-refractivity contribution in [1.29, 1.82) is 0 Å². The van der Waals surface area contributed by atoms with E-state index in [9.17, 15) is 0 Å². The molecule has 0 aromatic rings. The van der Waals surface area contributed by atoms with E-state index < -0.39 is 0 Å². The summed E-state index contributed by atoms with van der Waals surface area (Å²) in [6.07, 6.45) is 1.38. The molecule has 3 nitrogen and oxygen atoms in total. The summed E-state index contributed by atoms with van der Waals surface area (Å²) in [7, 11) is 0. The Balaban J connectivity index is 2.14. The minimum absolute atomic E-state index is 0.212. The Hall–Kier alpha value is -0.120. The van der Waals surface area contributed by atoms with Crippen molar-refractivity contribution in [2.75, 3.05) is 19.8 Å². The second-order valence-corrected chi connectivity index (χ2v) is 2.65. The van der Waals surface area contributed by atoms with Gasteiger partial charge in [-0.15, -0.1) is 0 Å². The summed E-state index contributed by atoms with van der Waals surface area (Å²) in [5.41, 5.74) is 0. The minimum Gasteiger partial charge on any atom is -0.395 e. The van der Waals surface area contributed by atoms with Gasteiger partial charge in [-0.05, 0) is 13.3 Å². The fourth-order valence-electron chi connectivity index (χ4n) is 1.25. The molecule has 0 radical (unpaired) electrons. The molecule has 0 aliphatic carbocycles. The van der Waals surface area contributed by atoms with Gasteiger partial charge in [0.05, 0.1) is 12.7 Å². The third kappa shape index (κ3) is 1.94. The molecule has 3 heteroatoms. The molecule has 0 aromatic carbocycles. The standard InChI is InChI=1S/C7H15NO2/c1-6-7(2-5-10-6)8-3-4-9/h6-9H,2-5H2,1H3. The molecular weight excluding hydrogens is 130 g/mol. The van der Waals surface area contributed by atoms with Crippen LogP contribution in [0.5, 0.6) is 0 Å². The minimum atomic E-state index is 0.212. The van der Waals surface area contributed by atoms with Crippen molar-refractivity contribution in [3.8, 4) is 0 Å². The predicted molar refractivity (Wildman–Crippen MR) is 38.9 cm³/mol. The molecule has 2 unspecified atom stereocenters. The molecule has 1 heterocycles. The maximum absolute atomic E-state index is 8.51. The highest BCUT2D eigenvalue weighted by Crippen LogP contribution is 2.11. The van der Waals surface area contributed by atoms with Gasteiger partial charge in [0, 0.05) is 19.2 Å². The second kappa shape index (κ2) is 3.91. The van der Waals surface area contributed by atoms with Gasteiger partial charge in [0.25, 0.3) is 0 Å². The zero-order valence-electron chi connectivity index (χ0n) is 6.34. The van der Waals surface area contributed by atoms with Crippen molar-refractivity contribution in [2.45, 2.75) is 25.5 Å². The van der Waals surface area contributed by atoms with E-state index in [2.05, 4.69) is 12.2 Å². The largest absolute Gasteiger partial charge is 0.395 e. The molecule has 2 atom stereocenters. The van der Waals surface area contributed by atoms with Crippen LogP contribution in [0.3, 0.4) is 0 Å². The first-order chi connectivity index (χ1) is 4.84. The van der Waals surface area contributed by atoms with Crippen LogP contribution in [0.1, 0.15) is 13.3 Å². The van der Waals surface area contributed by atoms with E-state index in [-0.39, 0.29) is 6.61 Å². The SMILES string of the molecule is CC1OCCC1NCCO. The van der Waals surface area contributed by atoms with E-state index in [1.54, 1.807) is 0 Å². The molecule has 0 saturated carbocycles. The summed E-state index contributed by atoms with van der Waals surface area (Å²) >= 11 is 0. The van der Waals surface area contributed by atoms with Crippen molar-refractivity contribution < 1.29 is 9.84 Å². The van der Waals surface area contributed by atoms with Gasteiger partial charge in [0.1, 0.15) is 0 Å². The Morgan fingerprint density at radius 2 is 2.50 bits per heavy atom. The first kappa shape index (κ1) is 7.98. The molecule has 60 valence electrons. The number of rotatable bonds is 3. The Morgan fingerprint density at radius 3 is 3.00 bits per heavy atom. The maximum atomic E-state index is 8.51. The topological polar surface area (TPSA) is 41.5 Å². The molecule has 0 amide bonds. The van der Waals surface area contributed by atoms with E-state index in [1.807, 2.05) is 0 Å². The average molecular weight is 145 g/mol. The summed E-state index contributed by atoms with van der Waals surface area (Å²) in [6, 6.07) is 0.451. The van der Waals surface area contributed by atoms with Crippen LogP contribution in [-0.4, -0.2) is 37.0 Å². The molecule has 10 heavy (non-hydrogen) atoms. The Kier molecular flexibility index (Phi) is 3.12. The molecule has 1 fully saturated rings. The van der Waals surface area contributed by atoms with Crippen LogP contribution in [0.4, 0.5) is 0 Å². The van der Waals surface area contributed by atoms with Crippen LogP contribution in [0.25, 0.3) is 0 Å². The smallest absolute Gasteiger partial charge is 0.0700 e. The first-order valence-corrected chi connectivity index (χ1v) is 3.80. The molecule has 1 rings (SSSR count). The highest BCUT2D eigenvalue weighted by Gasteiger charge is 2.22. The van der Waals surface area contributed by atoms with E-state index in [1.165, 1.54) is 0 Å². The molecule has 0 spiro atoms. The lowest BCUT2D eigenvalue weighted by Gasteiger charge is -2.14. The van der Waals surface area contributed by atoms with Crippen LogP contribution in [0.2, 0.25) is 0 Å². The van der Waals surface area contributed by atoms with Gasteiger partial charge in [0.2, 0.25) is 0 Å². The van der Waals surface area contributed by atoms with E-state index in [0.29, 0.717) is 18.7 Å². The zero-order chi connectivity index (χ0) is 7.40. The first-order valence-electron chi connectivity index (χ1n) is 3.80. The fourth-order valence-corrected chi connectivity index (χ4v) is 1.25. The number of hydrogen-bond donors (Lipinski definition) is 2. The lowest BCUT2D eigenvalue weighted by atomic mass is 10.1. The molecule has 0 bridgehead atoms. The summed E-state index contributed by atoms with van der Waals surface area (Å²) in [5, 5.41) is 11.7. The predicted octanol–water partition coefficient (Wildman–Crippen LogP) is -0.254. The quantitative estimate of drug-likeness (QED) is 0.575. The Morgan fingerprint density at radius 1 is 1.70 bits per heavy atom. The van der Waals surface area contributed by atoms with Gasteiger partial charge in [-0.1, -0.05) is 0 Å². The van der Waals surface area contributed by atoms with Gasteiger partial charge in [-0.3, -0.25) is 0 Å². The molecule has 1 aliphatic heterocycles. The second-order valence-electron chi connectivity index (χ2n) is 2.65. The highest BCUT2D eigenvalue weighted by molar-refractivity contribution is 4.78. The lowest BCUT2D eigenvalue weighted by Crippen LogP contribution is -2.36. The van der Waals surface area contributed by atoms with E-state index in [4.69, 9.17) is 9.84 Å². The van der Waals surface area contributed by atoms with Crippen molar-refractivity contribution >= 4 is 0 Å². The van der Waals surface area contributed by atoms with Gasteiger partial charge >= 0.3 is 0 Å². The van der Waals surface area contributed by atoms with Gasteiger partial charge in [-0.25, -0.2) is 0 Å². The van der Waals surface area contributed by atoms with Crippen LogP contribution in [-0.2, 0) is 4.74 Å². The number of ether oxygens (including phenoxy) is 1. The molecule has 0 aromatic heterocycles. The van der Waals surface area contributed by atoms with Crippen molar-refractivity contribution in [3.05, 3.63) is 0 Å². The number of nitrogens with one attached hydrogen (secondary N) is 1. The van der Waals surface area contributed by atoms with Gasteiger partial charge in [0.15, 0.2) is 0 Å². The third-order valence-corrected chi connectivity index (χ3v) is 1.89. The van der Waals surface area contributed by atoms with Crippen LogP contribution in [0, 0.1) is 0 Å². The van der Waals surface area contributed by atoms with Crippen molar-refractivity contribution in [3.63, 3.8) is 0 Å². The number of aliphatic hydroxyl groups excluding tert-OH is 1. The maximum Gasteiger partial charge on any atom is 0.0700 e. The normalized spacial score (nSPS) is 33.0. The third-order valence-electron chi connectivity index (χ3n) is 1.89. The summed E-state index contributed by atoms with van der Waals surface area (Å²) in [4.78, 5) is 0. The Bertz CT molecular complexity index is 97.6. The average Bonchev–Trinajstić information content (AvgIpc) is 2.31. The lowest BCUT2D eigenvalue weighted by molar-refractivity contribution is 0.112. The summed E-state index contributed by atoms with van der Waals surface area (Å²) in [5.74, 6) is 0. The number of hydrogen-bond acceptors (Lipinski definition) is 3. The Labute approximate surface area is 61.4 Å². The van der Waals surface area contributed by atoms with Crippen molar-refractivity contribution in [2.24, 2.45) is 0 Å². The van der Waals surface area contributed by atoms with Crippen molar-refractivity contribution in [1.82, 2.24) is 5.32 Å². The molecule has 1 aliphatic rings. The van der Waals surface area contributed by atoms with Crippen LogP contribution >= 0.6 is 0 Å². The highest BCUT2D eigenvalue weighted by atomic mass is 16.5. The van der Waals surface area contributed by atoms with E-state index >= 15 is 0 Å². The molecule has 1 saturated heterocycles. The molecule has 2 N–H and O–H groups in total.